The van der Waals surface area contributed by atoms with E-state index in [1.807, 2.05) is 19.1 Å². The van der Waals surface area contributed by atoms with E-state index in [1.54, 1.807) is 19.1 Å². The molecule has 0 heterocycles. The maximum atomic E-state index is 14.6. The first-order valence-corrected chi connectivity index (χ1v) is 8.10. The standard InChI is InChI=1S/C20H18F4/c1-3-5-6-7-12-9-14-10-13-8-11(4-2)17(21)19(23)15(13)16(14)20(24)18(12)22/h3,5,8-9H,4,6-7,10H2,1-2H3/b5-3+. The van der Waals surface area contributed by atoms with Gasteiger partial charge in [-0.1, -0.05) is 31.2 Å². The third kappa shape index (κ3) is 2.54. The summed E-state index contributed by atoms with van der Waals surface area (Å²) in [5, 5.41) is 0. The van der Waals surface area contributed by atoms with E-state index < -0.39 is 23.3 Å². The molecule has 0 radical (unpaired) electrons. The maximum Gasteiger partial charge on any atom is 0.167 e. The lowest BCUT2D eigenvalue weighted by Crippen LogP contribution is -2.01. The molecule has 1 aliphatic rings. The van der Waals surface area contributed by atoms with Gasteiger partial charge >= 0.3 is 0 Å². The average molecular weight is 334 g/mol. The highest BCUT2D eigenvalue weighted by atomic mass is 19.2. The van der Waals surface area contributed by atoms with Gasteiger partial charge in [0.1, 0.15) is 0 Å². The lowest BCUT2D eigenvalue weighted by atomic mass is 9.98. The van der Waals surface area contributed by atoms with E-state index in [4.69, 9.17) is 0 Å². The number of halogens is 4. The summed E-state index contributed by atoms with van der Waals surface area (Å²) in [5.41, 5.74) is 1.31. The molecule has 0 atom stereocenters. The predicted octanol–water partition coefficient (Wildman–Crippen LogP) is 5.89. The van der Waals surface area contributed by atoms with Crippen molar-refractivity contribution in [3.05, 3.63) is 69.8 Å². The number of fused-ring (bicyclic) bond motifs is 3. The van der Waals surface area contributed by atoms with Crippen LogP contribution < -0.4 is 0 Å². The fourth-order valence-corrected chi connectivity index (χ4v) is 3.34. The van der Waals surface area contributed by atoms with Gasteiger partial charge in [0.25, 0.3) is 0 Å². The van der Waals surface area contributed by atoms with Crippen LogP contribution in [0.5, 0.6) is 0 Å². The lowest BCUT2D eigenvalue weighted by Gasteiger charge is -2.10. The number of aryl methyl sites for hydroxylation is 2. The average Bonchev–Trinajstić information content (AvgIpc) is 2.94. The summed E-state index contributed by atoms with van der Waals surface area (Å²) in [7, 11) is 0. The fourth-order valence-electron chi connectivity index (χ4n) is 3.34. The smallest absolute Gasteiger partial charge is 0.167 e. The lowest BCUT2D eigenvalue weighted by molar-refractivity contribution is 0.492. The van der Waals surface area contributed by atoms with Gasteiger partial charge in [-0.05, 0) is 54.9 Å². The van der Waals surface area contributed by atoms with Gasteiger partial charge in [-0.2, -0.15) is 0 Å². The molecule has 0 nitrogen and oxygen atoms in total. The summed E-state index contributed by atoms with van der Waals surface area (Å²) in [6, 6.07) is 3.14. The van der Waals surface area contributed by atoms with Gasteiger partial charge in [0.15, 0.2) is 23.3 Å². The van der Waals surface area contributed by atoms with Crippen LogP contribution in [0.4, 0.5) is 17.6 Å². The van der Waals surface area contributed by atoms with Crippen molar-refractivity contribution in [1.29, 1.82) is 0 Å². The van der Waals surface area contributed by atoms with E-state index in [0.717, 1.165) is 0 Å². The van der Waals surface area contributed by atoms with Crippen LogP contribution in [0.25, 0.3) is 11.1 Å². The van der Waals surface area contributed by atoms with E-state index in [0.29, 0.717) is 36.8 Å². The molecule has 2 aromatic rings. The Labute approximate surface area is 138 Å². The van der Waals surface area contributed by atoms with Crippen molar-refractivity contribution in [1.82, 2.24) is 0 Å². The molecule has 0 bridgehead atoms. The molecule has 0 saturated heterocycles. The molecule has 4 heteroatoms. The molecule has 0 spiro atoms. The quantitative estimate of drug-likeness (QED) is 0.412. The van der Waals surface area contributed by atoms with Crippen molar-refractivity contribution < 1.29 is 17.6 Å². The molecule has 2 aromatic carbocycles. The molecule has 24 heavy (non-hydrogen) atoms. The second kappa shape index (κ2) is 6.42. The maximum absolute atomic E-state index is 14.6. The van der Waals surface area contributed by atoms with Crippen LogP contribution in [0.3, 0.4) is 0 Å². The van der Waals surface area contributed by atoms with Gasteiger partial charge in [0.2, 0.25) is 0 Å². The summed E-state index contributed by atoms with van der Waals surface area (Å²) in [6.07, 6.45) is 5.33. The molecule has 0 amide bonds. The number of allylic oxidation sites excluding steroid dienone is 2. The number of hydrogen-bond acceptors (Lipinski definition) is 0. The Balaban J connectivity index is 2.14. The van der Waals surface area contributed by atoms with Gasteiger partial charge in [0.05, 0.1) is 0 Å². The van der Waals surface area contributed by atoms with Crippen molar-refractivity contribution in [2.24, 2.45) is 0 Å². The monoisotopic (exact) mass is 334 g/mol. The summed E-state index contributed by atoms with van der Waals surface area (Å²) in [6.45, 7) is 3.59. The van der Waals surface area contributed by atoms with E-state index in [1.165, 1.54) is 0 Å². The zero-order valence-electron chi connectivity index (χ0n) is 13.6. The third-order valence-electron chi connectivity index (χ3n) is 4.56. The summed E-state index contributed by atoms with van der Waals surface area (Å²) >= 11 is 0. The van der Waals surface area contributed by atoms with Gasteiger partial charge < -0.3 is 0 Å². The van der Waals surface area contributed by atoms with Crippen LogP contribution in [-0.4, -0.2) is 0 Å². The molecule has 0 N–H and O–H groups in total. The fraction of sp³-hybridized carbons (Fsp3) is 0.300. The topological polar surface area (TPSA) is 0 Å². The SMILES string of the molecule is C/C=C/CCc1cc2c(c(F)c1F)-c1c(cc(CC)c(F)c1F)C2. The minimum Gasteiger partial charge on any atom is -0.203 e. The largest absolute Gasteiger partial charge is 0.203 e. The summed E-state index contributed by atoms with van der Waals surface area (Å²) in [5.74, 6) is -4.10. The first-order valence-electron chi connectivity index (χ1n) is 8.10. The number of hydrogen-bond donors (Lipinski definition) is 0. The highest BCUT2D eigenvalue weighted by Crippen LogP contribution is 2.43. The van der Waals surface area contributed by atoms with Crippen LogP contribution in [-0.2, 0) is 19.3 Å². The highest BCUT2D eigenvalue weighted by Gasteiger charge is 2.31. The van der Waals surface area contributed by atoms with Gasteiger partial charge in [0, 0.05) is 11.1 Å². The Morgan fingerprint density at radius 3 is 1.96 bits per heavy atom. The number of benzene rings is 2. The van der Waals surface area contributed by atoms with Crippen LogP contribution >= 0.6 is 0 Å². The van der Waals surface area contributed by atoms with E-state index in [9.17, 15) is 17.6 Å². The van der Waals surface area contributed by atoms with Gasteiger partial charge in [-0.15, -0.1) is 0 Å². The third-order valence-corrected chi connectivity index (χ3v) is 4.56. The predicted molar refractivity (Wildman–Crippen MR) is 87.0 cm³/mol. The Morgan fingerprint density at radius 1 is 0.875 bits per heavy atom. The molecule has 0 aliphatic heterocycles. The highest BCUT2D eigenvalue weighted by molar-refractivity contribution is 5.79. The van der Waals surface area contributed by atoms with Crippen molar-refractivity contribution in [2.75, 3.05) is 0 Å². The molecule has 126 valence electrons. The normalized spacial score (nSPS) is 12.8. The van der Waals surface area contributed by atoms with Crippen molar-refractivity contribution >= 4 is 0 Å². The summed E-state index contributed by atoms with van der Waals surface area (Å²) in [4.78, 5) is 0. The second-order valence-electron chi connectivity index (χ2n) is 6.03. The van der Waals surface area contributed by atoms with Crippen molar-refractivity contribution in [3.63, 3.8) is 0 Å². The first-order chi connectivity index (χ1) is 11.5. The zero-order valence-corrected chi connectivity index (χ0v) is 13.6. The Kier molecular flexibility index (Phi) is 4.48. The van der Waals surface area contributed by atoms with Crippen LogP contribution in [0.15, 0.2) is 24.3 Å². The Bertz CT molecular complexity index is 835. The Hall–Kier alpha value is -2.10. The molecule has 0 aromatic heterocycles. The van der Waals surface area contributed by atoms with E-state index in [2.05, 4.69) is 0 Å². The van der Waals surface area contributed by atoms with Gasteiger partial charge in [-0.25, -0.2) is 17.6 Å². The molecule has 1 aliphatic carbocycles. The second-order valence-corrected chi connectivity index (χ2v) is 6.03. The summed E-state index contributed by atoms with van der Waals surface area (Å²) < 4.78 is 57.4. The van der Waals surface area contributed by atoms with Crippen molar-refractivity contribution in [2.45, 2.75) is 39.5 Å². The Morgan fingerprint density at radius 2 is 1.42 bits per heavy atom. The van der Waals surface area contributed by atoms with Gasteiger partial charge in [-0.3, -0.25) is 0 Å². The van der Waals surface area contributed by atoms with Crippen LogP contribution in [0.2, 0.25) is 0 Å². The van der Waals surface area contributed by atoms with Crippen LogP contribution in [0.1, 0.15) is 42.5 Å². The van der Waals surface area contributed by atoms with E-state index >= 15 is 0 Å². The minimum atomic E-state index is -1.08. The molecule has 3 rings (SSSR count). The van der Waals surface area contributed by atoms with Crippen molar-refractivity contribution in [3.8, 4) is 11.1 Å². The minimum absolute atomic E-state index is 0.128. The molecule has 0 saturated carbocycles. The molecule has 0 fully saturated rings. The van der Waals surface area contributed by atoms with Crippen LogP contribution in [0, 0.1) is 23.3 Å². The molecule has 0 unspecified atom stereocenters. The number of rotatable bonds is 4. The van der Waals surface area contributed by atoms with E-state index in [-0.39, 0.29) is 22.3 Å². The zero-order chi connectivity index (χ0) is 17.4. The molecular weight excluding hydrogens is 316 g/mol. The first kappa shape index (κ1) is 16.7. The molecular formula is C20H18F4.